The Morgan fingerprint density at radius 3 is 2.30 bits per heavy atom. The molecule has 2 N–H and O–H groups in total. The fraction of sp³-hybridized carbons (Fsp3) is 0.167. The molecule has 0 unspecified atom stereocenters. The minimum Gasteiger partial charge on any atom is -0.494 e. The molecule has 0 fully saturated rings. The molecule has 9 heteroatoms. The molecule has 0 radical (unpaired) electrons. The number of nitrogens with one attached hydrogen (secondary N) is 2. The van der Waals surface area contributed by atoms with Gasteiger partial charge in [-0.2, -0.15) is 0 Å². The highest BCUT2D eigenvalue weighted by Gasteiger charge is 2.19. The normalized spacial score (nSPS) is 11.3. The van der Waals surface area contributed by atoms with Crippen molar-refractivity contribution < 1.29 is 13.2 Å². The van der Waals surface area contributed by atoms with Crippen LogP contribution in [-0.2, 0) is 10.0 Å². The molecule has 0 saturated heterocycles. The van der Waals surface area contributed by atoms with E-state index < -0.39 is 10.0 Å². The average molecular weight is 527 g/mol. The quantitative estimate of drug-likeness (QED) is 0.255. The number of rotatable bonds is 9. The highest BCUT2D eigenvalue weighted by atomic mass is 79.9. The largest absolute Gasteiger partial charge is 0.494 e. The van der Waals surface area contributed by atoms with Gasteiger partial charge in [0.25, 0.3) is 10.0 Å². The lowest BCUT2D eigenvalue weighted by Crippen LogP contribution is -2.16. The Labute approximate surface area is 201 Å². The lowest BCUT2D eigenvalue weighted by atomic mass is 10.3. The predicted octanol–water partition coefficient (Wildman–Crippen LogP) is 6.12. The van der Waals surface area contributed by atoms with Crippen molar-refractivity contribution in [1.29, 1.82) is 0 Å². The molecule has 7 nitrogen and oxygen atoms in total. The van der Waals surface area contributed by atoms with Crippen LogP contribution in [-0.4, -0.2) is 25.0 Å². The summed E-state index contributed by atoms with van der Waals surface area (Å²) in [5, 5.41) is 3.19. The monoisotopic (exact) mass is 526 g/mol. The molecular weight excluding hydrogens is 504 g/mol. The van der Waals surface area contributed by atoms with Crippen LogP contribution in [0.3, 0.4) is 0 Å². The minimum absolute atomic E-state index is 0.105. The van der Waals surface area contributed by atoms with Crippen molar-refractivity contribution in [2.75, 3.05) is 16.6 Å². The van der Waals surface area contributed by atoms with E-state index in [4.69, 9.17) is 4.74 Å². The molecule has 0 aliphatic carbocycles. The first-order chi connectivity index (χ1) is 15.9. The molecule has 1 aromatic heterocycles. The van der Waals surface area contributed by atoms with Crippen LogP contribution in [0.1, 0.15) is 19.8 Å². The Kier molecular flexibility index (Phi) is 7.10. The first-order valence-electron chi connectivity index (χ1n) is 10.5. The van der Waals surface area contributed by atoms with Gasteiger partial charge in [0.2, 0.25) is 0 Å². The fourth-order valence-electron chi connectivity index (χ4n) is 3.09. The summed E-state index contributed by atoms with van der Waals surface area (Å²) < 4.78 is 35.2. The van der Waals surface area contributed by atoms with Gasteiger partial charge >= 0.3 is 0 Å². The van der Waals surface area contributed by atoms with Crippen LogP contribution >= 0.6 is 15.9 Å². The Morgan fingerprint density at radius 2 is 1.61 bits per heavy atom. The number of aromatic nitrogens is 2. The van der Waals surface area contributed by atoms with Gasteiger partial charge in [0.15, 0.2) is 11.6 Å². The maximum atomic E-state index is 13.0. The standard InChI is InChI=1S/C24H23BrN4O3S/c1-2-3-15-32-19-8-6-7-18(16-19)26-23-24(28-22-10-5-4-9-21(22)27-23)29-33(30,31)20-13-11-17(25)12-14-20/h4-14,16H,2-3,15H2,1H3,(H,26,27)(H,28,29). The number of hydrogen-bond donors (Lipinski definition) is 2. The molecule has 0 aliphatic rings. The maximum absolute atomic E-state index is 13.0. The summed E-state index contributed by atoms with van der Waals surface area (Å²) in [5.41, 5.74) is 1.92. The summed E-state index contributed by atoms with van der Waals surface area (Å²) >= 11 is 3.32. The molecule has 0 atom stereocenters. The van der Waals surface area contributed by atoms with Crippen LogP contribution in [0.25, 0.3) is 11.0 Å². The van der Waals surface area contributed by atoms with E-state index in [0.717, 1.165) is 23.1 Å². The van der Waals surface area contributed by atoms with E-state index in [1.165, 1.54) is 12.1 Å². The predicted molar refractivity (Wildman–Crippen MR) is 135 cm³/mol. The molecule has 0 amide bonds. The molecular formula is C24H23BrN4O3S. The minimum atomic E-state index is -3.87. The Bertz CT molecular complexity index is 1360. The first kappa shape index (κ1) is 23.0. The number of nitrogens with zero attached hydrogens (tertiary/aromatic N) is 2. The topological polar surface area (TPSA) is 93.2 Å². The number of ether oxygens (including phenoxy) is 1. The van der Waals surface area contributed by atoms with E-state index in [1.807, 2.05) is 42.5 Å². The molecule has 4 rings (SSSR count). The smallest absolute Gasteiger partial charge is 0.263 e. The van der Waals surface area contributed by atoms with Crippen molar-refractivity contribution in [2.24, 2.45) is 0 Å². The number of fused-ring (bicyclic) bond motifs is 1. The summed E-state index contributed by atoms with van der Waals surface area (Å²) in [4.78, 5) is 9.27. The van der Waals surface area contributed by atoms with Crippen molar-refractivity contribution in [3.63, 3.8) is 0 Å². The van der Waals surface area contributed by atoms with Crippen LogP contribution in [0.5, 0.6) is 5.75 Å². The third-order valence-electron chi connectivity index (χ3n) is 4.79. The third kappa shape index (κ3) is 5.80. The number of anilines is 3. The highest BCUT2D eigenvalue weighted by molar-refractivity contribution is 9.10. The van der Waals surface area contributed by atoms with Gasteiger partial charge in [0, 0.05) is 16.2 Å². The summed E-state index contributed by atoms with van der Waals surface area (Å²) in [6.45, 7) is 2.74. The summed E-state index contributed by atoms with van der Waals surface area (Å²) in [7, 11) is -3.87. The number of sulfonamides is 1. The second kappa shape index (κ2) is 10.2. The summed E-state index contributed by atoms with van der Waals surface area (Å²) in [6.07, 6.45) is 2.02. The van der Waals surface area contributed by atoms with Gasteiger partial charge in [-0.15, -0.1) is 0 Å². The number of benzene rings is 3. The van der Waals surface area contributed by atoms with Crippen LogP contribution in [0.2, 0.25) is 0 Å². The second-order valence-corrected chi connectivity index (χ2v) is 9.92. The van der Waals surface area contributed by atoms with Gasteiger partial charge in [-0.1, -0.05) is 47.5 Å². The zero-order valence-corrected chi connectivity index (χ0v) is 20.4. The van der Waals surface area contributed by atoms with E-state index in [0.29, 0.717) is 29.1 Å². The van der Waals surface area contributed by atoms with Gasteiger partial charge < -0.3 is 10.1 Å². The summed E-state index contributed by atoms with van der Waals surface area (Å²) in [5.74, 6) is 1.12. The molecule has 170 valence electrons. The molecule has 1 heterocycles. The first-order valence-corrected chi connectivity index (χ1v) is 12.8. The third-order valence-corrected chi connectivity index (χ3v) is 6.67. The zero-order chi connectivity index (χ0) is 23.3. The SMILES string of the molecule is CCCCOc1cccc(Nc2nc3ccccc3nc2NS(=O)(=O)c2ccc(Br)cc2)c1. The molecule has 4 aromatic rings. The number of halogens is 1. The average Bonchev–Trinajstić information content (AvgIpc) is 2.80. The highest BCUT2D eigenvalue weighted by Crippen LogP contribution is 2.28. The van der Waals surface area contributed by atoms with E-state index in [2.05, 4.69) is 42.9 Å². The summed E-state index contributed by atoms with van der Waals surface area (Å²) in [6, 6.07) is 21.1. The van der Waals surface area contributed by atoms with Gasteiger partial charge in [-0.05, 0) is 55.0 Å². The lowest BCUT2D eigenvalue weighted by molar-refractivity contribution is 0.309. The number of hydrogen-bond acceptors (Lipinski definition) is 6. The van der Waals surface area contributed by atoms with Gasteiger partial charge in [0.05, 0.1) is 22.5 Å². The van der Waals surface area contributed by atoms with Crippen LogP contribution in [0.15, 0.2) is 82.2 Å². The van der Waals surface area contributed by atoms with Crippen molar-refractivity contribution >= 4 is 54.3 Å². The van der Waals surface area contributed by atoms with Gasteiger partial charge in [-0.3, -0.25) is 4.72 Å². The number of para-hydroxylation sites is 2. The molecule has 33 heavy (non-hydrogen) atoms. The zero-order valence-electron chi connectivity index (χ0n) is 18.0. The van der Waals surface area contributed by atoms with E-state index in [-0.39, 0.29) is 10.7 Å². The fourth-order valence-corrected chi connectivity index (χ4v) is 4.37. The van der Waals surface area contributed by atoms with Gasteiger partial charge in [0.1, 0.15) is 5.75 Å². The molecule has 0 aliphatic heterocycles. The van der Waals surface area contributed by atoms with E-state index >= 15 is 0 Å². The Hall–Kier alpha value is -3.17. The van der Waals surface area contributed by atoms with Crippen molar-refractivity contribution in [2.45, 2.75) is 24.7 Å². The van der Waals surface area contributed by atoms with Crippen molar-refractivity contribution in [3.05, 3.63) is 77.3 Å². The van der Waals surface area contributed by atoms with Crippen molar-refractivity contribution in [3.8, 4) is 5.75 Å². The molecule has 0 spiro atoms. The molecule has 3 aromatic carbocycles. The van der Waals surface area contributed by atoms with Crippen LogP contribution < -0.4 is 14.8 Å². The molecule has 0 saturated carbocycles. The molecule has 0 bridgehead atoms. The van der Waals surface area contributed by atoms with Crippen LogP contribution in [0, 0.1) is 0 Å². The Balaban J connectivity index is 1.68. The second-order valence-electron chi connectivity index (χ2n) is 7.32. The maximum Gasteiger partial charge on any atom is 0.263 e. The van der Waals surface area contributed by atoms with E-state index in [9.17, 15) is 8.42 Å². The van der Waals surface area contributed by atoms with Crippen LogP contribution in [0.4, 0.5) is 17.3 Å². The lowest BCUT2D eigenvalue weighted by Gasteiger charge is -2.14. The number of unbranched alkanes of at least 4 members (excludes halogenated alkanes) is 1. The van der Waals surface area contributed by atoms with E-state index in [1.54, 1.807) is 18.2 Å². The Morgan fingerprint density at radius 1 is 0.909 bits per heavy atom. The van der Waals surface area contributed by atoms with Gasteiger partial charge in [-0.25, -0.2) is 18.4 Å². The van der Waals surface area contributed by atoms with Crippen molar-refractivity contribution in [1.82, 2.24) is 9.97 Å².